The number of methoxy groups -OCH3 is 2. The molecule has 0 spiro atoms. The summed E-state index contributed by atoms with van der Waals surface area (Å²) < 4.78 is 9.77. The van der Waals surface area contributed by atoms with E-state index in [0.29, 0.717) is 9.75 Å². The predicted octanol–water partition coefficient (Wildman–Crippen LogP) is 5.33. The van der Waals surface area contributed by atoms with Crippen LogP contribution in [0.3, 0.4) is 0 Å². The average molecular weight is 386 g/mol. The molecule has 0 saturated carbocycles. The fourth-order valence-electron chi connectivity index (χ4n) is 2.78. The first-order valence-electron chi connectivity index (χ1n) is 7.93. The summed E-state index contributed by atoms with van der Waals surface area (Å²) in [6.07, 6.45) is 0. The molecule has 26 heavy (non-hydrogen) atoms. The molecule has 0 saturated heterocycles. The highest BCUT2D eigenvalue weighted by molar-refractivity contribution is 7.14. The maximum Gasteiger partial charge on any atom is 0.348 e. The van der Waals surface area contributed by atoms with Crippen molar-refractivity contribution >= 4 is 34.6 Å². The van der Waals surface area contributed by atoms with E-state index >= 15 is 0 Å². The zero-order chi connectivity index (χ0) is 18.8. The number of carbonyl (C=O) groups is 2. The Hall–Kier alpha value is -2.44. The molecule has 0 aliphatic carbocycles. The van der Waals surface area contributed by atoms with Crippen LogP contribution in [-0.2, 0) is 9.47 Å². The smallest absolute Gasteiger partial charge is 0.348 e. The summed E-state index contributed by atoms with van der Waals surface area (Å²) in [5.41, 5.74) is 3.59. The normalized spacial score (nSPS) is 10.6. The molecule has 2 heterocycles. The highest BCUT2D eigenvalue weighted by Crippen LogP contribution is 2.35. The fourth-order valence-corrected chi connectivity index (χ4v) is 4.68. The van der Waals surface area contributed by atoms with Crippen molar-refractivity contribution in [3.05, 3.63) is 55.9 Å². The van der Waals surface area contributed by atoms with Gasteiger partial charge in [0.1, 0.15) is 9.75 Å². The van der Waals surface area contributed by atoms with Crippen LogP contribution in [0.2, 0.25) is 0 Å². The molecule has 0 unspecified atom stereocenters. The zero-order valence-corrected chi connectivity index (χ0v) is 16.5. The Morgan fingerprint density at radius 3 is 1.38 bits per heavy atom. The van der Waals surface area contributed by atoms with Gasteiger partial charge in [-0.3, -0.25) is 0 Å². The SMILES string of the molecule is COC(=O)c1sc(C)cc1-c1ccc(-c2cc(C)sc2C(=O)OC)cc1. The Kier molecular flexibility index (Phi) is 5.25. The van der Waals surface area contributed by atoms with Gasteiger partial charge in [-0.1, -0.05) is 24.3 Å². The van der Waals surface area contributed by atoms with Crippen LogP contribution in [0, 0.1) is 13.8 Å². The monoisotopic (exact) mass is 386 g/mol. The molecule has 2 aromatic heterocycles. The van der Waals surface area contributed by atoms with E-state index in [1.54, 1.807) is 0 Å². The number of carbonyl (C=O) groups excluding carboxylic acids is 2. The first kappa shape index (κ1) is 18.4. The second-order valence-electron chi connectivity index (χ2n) is 5.76. The Morgan fingerprint density at radius 1 is 0.731 bits per heavy atom. The van der Waals surface area contributed by atoms with Gasteiger partial charge in [0, 0.05) is 20.9 Å². The molecular weight excluding hydrogens is 368 g/mol. The average Bonchev–Trinajstić information content (AvgIpc) is 3.23. The van der Waals surface area contributed by atoms with Gasteiger partial charge < -0.3 is 9.47 Å². The van der Waals surface area contributed by atoms with Gasteiger partial charge in [-0.15, -0.1) is 22.7 Å². The largest absolute Gasteiger partial charge is 0.465 e. The van der Waals surface area contributed by atoms with E-state index in [0.717, 1.165) is 32.0 Å². The van der Waals surface area contributed by atoms with Crippen molar-refractivity contribution in [3.63, 3.8) is 0 Å². The summed E-state index contributed by atoms with van der Waals surface area (Å²) in [6.45, 7) is 3.93. The molecule has 0 aliphatic heterocycles. The Morgan fingerprint density at radius 2 is 1.08 bits per heavy atom. The number of hydrogen-bond acceptors (Lipinski definition) is 6. The van der Waals surface area contributed by atoms with Gasteiger partial charge in [0.15, 0.2) is 0 Å². The van der Waals surface area contributed by atoms with Crippen LogP contribution in [0.5, 0.6) is 0 Å². The topological polar surface area (TPSA) is 52.6 Å². The van der Waals surface area contributed by atoms with Gasteiger partial charge in [-0.2, -0.15) is 0 Å². The molecule has 0 bridgehead atoms. The molecule has 134 valence electrons. The molecule has 6 heteroatoms. The molecular formula is C20H18O4S2. The van der Waals surface area contributed by atoms with Crippen molar-refractivity contribution in [1.29, 1.82) is 0 Å². The lowest BCUT2D eigenvalue weighted by Gasteiger charge is -2.06. The molecule has 0 aliphatic rings. The van der Waals surface area contributed by atoms with Gasteiger partial charge in [-0.25, -0.2) is 9.59 Å². The molecule has 3 aromatic rings. The Balaban J connectivity index is 2.01. The number of esters is 2. The molecule has 0 fully saturated rings. The summed E-state index contributed by atoms with van der Waals surface area (Å²) in [5.74, 6) is -0.660. The van der Waals surface area contributed by atoms with Crippen LogP contribution in [0.4, 0.5) is 0 Å². The van der Waals surface area contributed by atoms with Crippen molar-refractivity contribution in [2.24, 2.45) is 0 Å². The Labute approximate surface area is 160 Å². The number of ether oxygens (including phenoxy) is 2. The van der Waals surface area contributed by atoms with Gasteiger partial charge in [0.25, 0.3) is 0 Å². The quantitative estimate of drug-likeness (QED) is 0.569. The van der Waals surface area contributed by atoms with E-state index in [9.17, 15) is 9.59 Å². The van der Waals surface area contributed by atoms with Crippen LogP contribution in [0.1, 0.15) is 29.1 Å². The summed E-state index contributed by atoms with van der Waals surface area (Å²) >= 11 is 2.84. The van der Waals surface area contributed by atoms with E-state index < -0.39 is 0 Å². The molecule has 0 atom stereocenters. The minimum atomic E-state index is -0.330. The van der Waals surface area contributed by atoms with Crippen molar-refractivity contribution in [2.45, 2.75) is 13.8 Å². The fraction of sp³-hybridized carbons (Fsp3) is 0.200. The number of benzene rings is 1. The molecule has 0 radical (unpaired) electrons. The number of aryl methyl sites for hydroxylation is 2. The summed E-state index contributed by atoms with van der Waals surface area (Å²) in [4.78, 5) is 27.3. The first-order chi connectivity index (χ1) is 12.4. The summed E-state index contributed by atoms with van der Waals surface area (Å²) in [7, 11) is 2.77. The van der Waals surface area contributed by atoms with E-state index in [-0.39, 0.29) is 11.9 Å². The van der Waals surface area contributed by atoms with Gasteiger partial charge in [0.2, 0.25) is 0 Å². The summed E-state index contributed by atoms with van der Waals surface area (Å²) in [5, 5.41) is 0. The molecule has 0 N–H and O–H groups in total. The minimum Gasteiger partial charge on any atom is -0.465 e. The Bertz CT molecular complexity index is 885. The van der Waals surface area contributed by atoms with Gasteiger partial charge in [0.05, 0.1) is 14.2 Å². The van der Waals surface area contributed by atoms with E-state index in [1.807, 2.05) is 50.2 Å². The van der Waals surface area contributed by atoms with Crippen molar-refractivity contribution in [2.75, 3.05) is 14.2 Å². The highest BCUT2D eigenvalue weighted by atomic mass is 32.1. The van der Waals surface area contributed by atoms with E-state index in [4.69, 9.17) is 9.47 Å². The lowest BCUT2D eigenvalue weighted by molar-refractivity contribution is 0.0598. The highest BCUT2D eigenvalue weighted by Gasteiger charge is 2.19. The number of hydrogen-bond donors (Lipinski definition) is 0. The lowest BCUT2D eigenvalue weighted by Crippen LogP contribution is -2.00. The maximum absolute atomic E-state index is 12.0. The van der Waals surface area contributed by atoms with Gasteiger partial charge in [-0.05, 0) is 37.1 Å². The zero-order valence-electron chi connectivity index (χ0n) is 14.9. The first-order valence-corrected chi connectivity index (χ1v) is 9.56. The predicted molar refractivity (Wildman–Crippen MR) is 105 cm³/mol. The molecule has 1 aromatic carbocycles. The van der Waals surface area contributed by atoms with E-state index in [1.165, 1.54) is 36.9 Å². The van der Waals surface area contributed by atoms with Crippen LogP contribution >= 0.6 is 22.7 Å². The standard InChI is InChI=1S/C20H18O4S2/c1-11-9-15(17(25-11)19(21)23-3)13-5-7-14(8-6-13)16-10-12(2)26-18(16)20(22)24-4/h5-10H,1-4H3. The second-order valence-corrected chi connectivity index (χ2v) is 8.27. The van der Waals surface area contributed by atoms with Crippen LogP contribution in [-0.4, -0.2) is 26.2 Å². The second kappa shape index (κ2) is 7.43. The summed E-state index contributed by atoms with van der Waals surface area (Å²) in [6, 6.07) is 11.8. The third-order valence-electron chi connectivity index (χ3n) is 3.96. The number of thiophene rings is 2. The lowest BCUT2D eigenvalue weighted by atomic mass is 10.0. The van der Waals surface area contributed by atoms with Gasteiger partial charge >= 0.3 is 11.9 Å². The maximum atomic E-state index is 12.0. The van der Waals surface area contributed by atoms with Crippen molar-refractivity contribution < 1.29 is 19.1 Å². The van der Waals surface area contributed by atoms with Crippen LogP contribution in [0.25, 0.3) is 22.3 Å². The van der Waals surface area contributed by atoms with Crippen LogP contribution < -0.4 is 0 Å². The third kappa shape index (κ3) is 3.43. The minimum absolute atomic E-state index is 0.330. The van der Waals surface area contributed by atoms with Crippen molar-refractivity contribution in [3.8, 4) is 22.3 Å². The van der Waals surface area contributed by atoms with Crippen LogP contribution in [0.15, 0.2) is 36.4 Å². The van der Waals surface area contributed by atoms with E-state index in [2.05, 4.69) is 0 Å². The number of rotatable bonds is 4. The molecule has 3 rings (SSSR count). The molecule has 4 nitrogen and oxygen atoms in total. The molecule has 0 amide bonds. The third-order valence-corrected chi connectivity index (χ3v) is 6.02. The van der Waals surface area contributed by atoms with Crippen molar-refractivity contribution in [1.82, 2.24) is 0 Å².